The Balaban J connectivity index is 2.97. The van der Waals surface area contributed by atoms with Crippen LogP contribution in [0.3, 0.4) is 0 Å². The number of hydrogen-bond donors (Lipinski definition) is 0. The zero-order valence-electron chi connectivity index (χ0n) is 8.21. The summed E-state index contributed by atoms with van der Waals surface area (Å²) in [5.41, 5.74) is 0.801. The number of hydrogen-bond acceptors (Lipinski definition) is 5. The van der Waals surface area contributed by atoms with Gasteiger partial charge in [0, 0.05) is 5.56 Å². The van der Waals surface area contributed by atoms with E-state index in [1.54, 1.807) is 18.2 Å². The highest BCUT2D eigenvalue weighted by Gasteiger charge is 2.05. The molecule has 0 bridgehead atoms. The predicted octanol–water partition coefficient (Wildman–Crippen LogP) is 1.43. The minimum Gasteiger partial charge on any atom is -0.267 e. The second-order valence-electron chi connectivity index (χ2n) is 2.85. The van der Waals surface area contributed by atoms with Crippen molar-refractivity contribution in [3.63, 3.8) is 0 Å². The zero-order valence-corrected chi connectivity index (χ0v) is 9.79. The lowest BCUT2D eigenvalue weighted by molar-refractivity contribution is 0.344. The maximum atomic E-state index is 10.6. The average Bonchev–Trinajstić information content (AvgIpc) is 2.25. The van der Waals surface area contributed by atoms with Gasteiger partial charge in [0.1, 0.15) is 0 Å². The smallest absolute Gasteiger partial charge is 0.267 e. The molecule has 0 saturated carbocycles. The van der Waals surface area contributed by atoms with Gasteiger partial charge in [-0.15, -0.1) is 0 Å². The molecule has 0 fully saturated rings. The van der Waals surface area contributed by atoms with Gasteiger partial charge in [0.05, 0.1) is 17.9 Å². The molecule has 0 amide bonds. The van der Waals surface area contributed by atoms with Gasteiger partial charge in [0.15, 0.2) is 5.17 Å². The Hall–Kier alpha value is -1.58. The third-order valence-corrected chi connectivity index (χ3v) is 2.12. The molecule has 1 aromatic rings. The van der Waals surface area contributed by atoms with Gasteiger partial charge in [-0.1, -0.05) is 28.9 Å². The zero-order chi connectivity index (χ0) is 12.2. The van der Waals surface area contributed by atoms with Gasteiger partial charge in [-0.2, -0.15) is 13.7 Å². The SMILES string of the molecule is CS(=O)(=O)O/N=C(\Cl)c1cccc(C#N)c1. The first kappa shape index (κ1) is 12.5. The van der Waals surface area contributed by atoms with Gasteiger partial charge in [0.2, 0.25) is 0 Å². The summed E-state index contributed by atoms with van der Waals surface area (Å²) >= 11 is 5.69. The number of nitrogens with zero attached hydrogens (tertiary/aromatic N) is 2. The molecule has 16 heavy (non-hydrogen) atoms. The van der Waals surface area contributed by atoms with E-state index in [4.69, 9.17) is 16.9 Å². The van der Waals surface area contributed by atoms with Gasteiger partial charge in [-0.3, -0.25) is 4.28 Å². The van der Waals surface area contributed by atoms with Crippen LogP contribution in [0.25, 0.3) is 0 Å². The quantitative estimate of drug-likeness (QED) is 0.607. The third kappa shape index (κ3) is 3.88. The molecule has 84 valence electrons. The first-order chi connectivity index (χ1) is 7.42. The number of rotatable bonds is 3. The molecule has 0 spiro atoms. The van der Waals surface area contributed by atoms with Gasteiger partial charge < -0.3 is 0 Å². The van der Waals surface area contributed by atoms with Crippen molar-refractivity contribution in [2.75, 3.05) is 6.26 Å². The standard InChI is InChI=1S/C9H7ClN2O3S/c1-16(13,14)15-12-9(10)8-4-2-3-7(5-8)6-11/h2-5H,1H3/b12-9-. The molecule has 0 aromatic heterocycles. The Labute approximate surface area is 98.0 Å². The lowest BCUT2D eigenvalue weighted by Gasteiger charge is -1.98. The van der Waals surface area contributed by atoms with E-state index in [0.29, 0.717) is 11.1 Å². The van der Waals surface area contributed by atoms with Crippen LogP contribution >= 0.6 is 11.6 Å². The minimum absolute atomic E-state index is 0.137. The molecule has 0 radical (unpaired) electrons. The van der Waals surface area contributed by atoms with Crippen LogP contribution in [0.2, 0.25) is 0 Å². The van der Waals surface area contributed by atoms with Crippen molar-refractivity contribution >= 4 is 26.9 Å². The molecule has 0 aliphatic carbocycles. The third-order valence-electron chi connectivity index (χ3n) is 1.48. The Bertz CT molecular complexity index is 560. The van der Waals surface area contributed by atoms with E-state index >= 15 is 0 Å². The average molecular weight is 259 g/mol. The van der Waals surface area contributed by atoms with Crippen LogP contribution in [0.15, 0.2) is 29.4 Å². The molecule has 0 aliphatic heterocycles. The molecule has 5 nitrogen and oxygen atoms in total. The molecular formula is C9H7ClN2O3S. The largest absolute Gasteiger partial charge is 0.325 e. The van der Waals surface area contributed by atoms with Crippen molar-refractivity contribution < 1.29 is 12.7 Å². The van der Waals surface area contributed by atoms with Gasteiger partial charge in [0.25, 0.3) is 0 Å². The van der Waals surface area contributed by atoms with Gasteiger partial charge >= 0.3 is 10.1 Å². The maximum absolute atomic E-state index is 10.6. The molecule has 0 atom stereocenters. The van der Waals surface area contributed by atoms with E-state index in [1.807, 2.05) is 6.07 Å². The van der Waals surface area contributed by atoms with Crippen molar-refractivity contribution in [3.05, 3.63) is 35.4 Å². The van der Waals surface area contributed by atoms with E-state index in [0.717, 1.165) is 6.26 Å². The highest BCUT2D eigenvalue weighted by atomic mass is 35.5. The summed E-state index contributed by atoms with van der Waals surface area (Å²) < 4.78 is 25.5. The van der Waals surface area contributed by atoms with Crippen molar-refractivity contribution in [1.82, 2.24) is 0 Å². The Morgan fingerprint density at radius 2 is 2.25 bits per heavy atom. The van der Waals surface area contributed by atoms with Gasteiger partial charge in [-0.25, -0.2) is 0 Å². The molecule has 0 saturated heterocycles. The normalized spacial score (nSPS) is 11.9. The molecule has 7 heteroatoms. The number of oxime groups is 1. The lowest BCUT2D eigenvalue weighted by atomic mass is 10.1. The monoisotopic (exact) mass is 258 g/mol. The van der Waals surface area contributed by atoms with Crippen LogP contribution in [-0.2, 0) is 14.4 Å². The summed E-state index contributed by atoms with van der Waals surface area (Å²) in [7, 11) is -3.68. The second kappa shape index (κ2) is 4.96. The van der Waals surface area contributed by atoms with Crippen molar-refractivity contribution in [1.29, 1.82) is 5.26 Å². The molecule has 1 aromatic carbocycles. The highest BCUT2D eigenvalue weighted by molar-refractivity contribution is 7.85. The number of nitriles is 1. The van der Waals surface area contributed by atoms with Crippen LogP contribution in [0, 0.1) is 11.3 Å². The fourth-order valence-electron chi connectivity index (χ4n) is 0.870. The topological polar surface area (TPSA) is 79.5 Å². The van der Waals surface area contributed by atoms with Crippen LogP contribution < -0.4 is 0 Å². The Morgan fingerprint density at radius 1 is 1.56 bits per heavy atom. The van der Waals surface area contributed by atoms with Crippen molar-refractivity contribution in [2.45, 2.75) is 0 Å². The molecule has 1 rings (SSSR count). The summed E-state index contributed by atoms with van der Waals surface area (Å²) in [5, 5.41) is 11.7. The summed E-state index contributed by atoms with van der Waals surface area (Å²) in [6, 6.07) is 8.17. The molecule has 0 N–H and O–H groups in total. The molecule has 0 heterocycles. The summed E-state index contributed by atoms with van der Waals surface area (Å²) in [6.07, 6.45) is 0.854. The van der Waals surface area contributed by atoms with Crippen LogP contribution in [0.5, 0.6) is 0 Å². The van der Waals surface area contributed by atoms with Crippen molar-refractivity contribution in [3.8, 4) is 6.07 Å². The number of halogens is 1. The van der Waals surface area contributed by atoms with Crippen LogP contribution in [0.4, 0.5) is 0 Å². The molecular weight excluding hydrogens is 252 g/mol. The van der Waals surface area contributed by atoms with E-state index in [1.165, 1.54) is 6.07 Å². The first-order valence-electron chi connectivity index (χ1n) is 4.05. The Morgan fingerprint density at radius 3 is 2.81 bits per heavy atom. The number of benzene rings is 1. The maximum Gasteiger partial charge on any atom is 0.325 e. The van der Waals surface area contributed by atoms with E-state index < -0.39 is 10.1 Å². The lowest BCUT2D eigenvalue weighted by Crippen LogP contribution is -2.00. The summed E-state index contributed by atoms with van der Waals surface area (Å²) in [5.74, 6) is 0. The highest BCUT2D eigenvalue weighted by Crippen LogP contribution is 2.09. The molecule has 0 unspecified atom stereocenters. The summed E-state index contributed by atoms with van der Waals surface area (Å²) in [6.45, 7) is 0. The minimum atomic E-state index is -3.68. The van der Waals surface area contributed by atoms with E-state index in [-0.39, 0.29) is 5.17 Å². The van der Waals surface area contributed by atoms with E-state index in [9.17, 15) is 8.42 Å². The fourth-order valence-corrected chi connectivity index (χ4v) is 1.27. The summed E-state index contributed by atoms with van der Waals surface area (Å²) in [4.78, 5) is 0. The fraction of sp³-hybridized carbons (Fsp3) is 0.111. The first-order valence-corrected chi connectivity index (χ1v) is 6.24. The second-order valence-corrected chi connectivity index (χ2v) is 4.77. The molecule has 0 aliphatic rings. The van der Waals surface area contributed by atoms with Crippen molar-refractivity contribution in [2.24, 2.45) is 5.16 Å². The predicted molar refractivity (Wildman–Crippen MR) is 59.5 cm³/mol. The van der Waals surface area contributed by atoms with E-state index in [2.05, 4.69) is 9.44 Å². The van der Waals surface area contributed by atoms with Crippen LogP contribution in [-0.4, -0.2) is 19.8 Å². The van der Waals surface area contributed by atoms with Gasteiger partial charge in [-0.05, 0) is 12.1 Å². The van der Waals surface area contributed by atoms with Crippen LogP contribution in [0.1, 0.15) is 11.1 Å². The Kier molecular flexibility index (Phi) is 3.88.